The first-order valence-corrected chi connectivity index (χ1v) is 13.2. The number of carbonyl (C=O) groups excluding carboxylic acids is 2. The number of nitro benzene ring substituents is 1. The molecule has 2 amide bonds. The quantitative estimate of drug-likeness (QED) is 0.335. The number of ether oxygens (including phenoxy) is 1. The van der Waals surface area contributed by atoms with Gasteiger partial charge < -0.3 is 15.0 Å². The molecule has 0 heterocycles. The first kappa shape index (κ1) is 28.6. The minimum Gasteiger partial charge on any atom is -0.495 e. The van der Waals surface area contributed by atoms with Crippen LogP contribution in [-0.4, -0.2) is 62.0 Å². The molecule has 0 unspecified atom stereocenters. The Balaban J connectivity index is 2.49. The number of carbonyl (C=O) groups is 2. The topological polar surface area (TPSA) is 139 Å². The third-order valence-electron chi connectivity index (χ3n) is 5.69. The van der Waals surface area contributed by atoms with Crippen molar-refractivity contribution >= 4 is 33.2 Å². The fourth-order valence-electron chi connectivity index (χ4n) is 3.41. The monoisotopic (exact) mass is 520 g/mol. The van der Waals surface area contributed by atoms with E-state index < -0.39 is 33.4 Å². The molecule has 196 valence electrons. The molecule has 0 aliphatic carbocycles. The first-order chi connectivity index (χ1) is 16.9. The van der Waals surface area contributed by atoms with E-state index in [1.807, 2.05) is 19.9 Å². The van der Waals surface area contributed by atoms with Crippen molar-refractivity contribution in [2.75, 3.05) is 24.2 Å². The number of anilines is 1. The van der Waals surface area contributed by atoms with E-state index in [-0.39, 0.29) is 35.6 Å². The number of nitrogens with zero attached hydrogens (tertiary/aromatic N) is 3. The van der Waals surface area contributed by atoms with Crippen LogP contribution in [-0.2, 0) is 26.2 Å². The van der Waals surface area contributed by atoms with Crippen LogP contribution in [0.1, 0.15) is 32.8 Å². The predicted molar refractivity (Wildman–Crippen MR) is 136 cm³/mol. The smallest absolute Gasteiger partial charge is 0.271 e. The van der Waals surface area contributed by atoms with E-state index in [2.05, 4.69) is 5.32 Å². The van der Waals surface area contributed by atoms with Crippen LogP contribution in [0.4, 0.5) is 11.4 Å². The van der Waals surface area contributed by atoms with Gasteiger partial charge in [0.1, 0.15) is 24.0 Å². The fraction of sp³-hybridized carbons (Fsp3) is 0.417. The molecule has 0 saturated carbocycles. The molecule has 2 atom stereocenters. The maximum absolute atomic E-state index is 13.6. The Bertz CT molecular complexity index is 1190. The standard InChI is InChI=1S/C24H32N4O7S/c1-6-17(2)25-24(30)18(3)26(15-19-10-8-7-9-11-19)23(29)16-27(36(5,33)34)21-14-20(28(31)32)12-13-22(21)35-4/h7-14,17-18H,6,15-16H2,1-5H3,(H,25,30)/t17-,18+/m0/s1. The van der Waals surface area contributed by atoms with Gasteiger partial charge in [-0.25, -0.2) is 8.42 Å². The fourth-order valence-corrected chi connectivity index (χ4v) is 4.25. The lowest BCUT2D eigenvalue weighted by atomic mass is 10.1. The Morgan fingerprint density at radius 1 is 1.14 bits per heavy atom. The van der Waals surface area contributed by atoms with Gasteiger partial charge in [-0.3, -0.25) is 24.0 Å². The van der Waals surface area contributed by atoms with E-state index in [0.717, 1.165) is 22.2 Å². The van der Waals surface area contributed by atoms with Crippen molar-refractivity contribution in [2.24, 2.45) is 0 Å². The molecule has 0 bridgehead atoms. The van der Waals surface area contributed by atoms with Crippen molar-refractivity contribution < 1.29 is 27.7 Å². The van der Waals surface area contributed by atoms with E-state index >= 15 is 0 Å². The number of benzene rings is 2. The zero-order valence-corrected chi connectivity index (χ0v) is 21.8. The molecule has 2 aromatic carbocycles. The number of nitro groups is 1. The van der Waals surface area contributed by atoms with Crippen LogP contribution >= 0.6 is 0 Å². The van der Waals surface area contributed by atoms with Crippen LogP contribution in [0.25, 0.3) is 0 Å². The summed E-state index contributed by atoms with van der Waals surface area (Å²) in [5.74, 6) is -1.01. The Kier molecular flexibility index (Phi) is 9.79. The lowest BCUT2D eigenvalue weighted by Crippen LogP contribution is -2.52. The Morgan fingerprint density at radius 2 is 1.78 bits per heavy atom. The van der Waals surface area contributed by atoms with Gasteiger partial charge in [0.2, 0.25) is 21.8 Å². The molecular weight excluding hydrogens is 488 g/mol. The number of sulfonamides is 1. The van der Waals surface area contributed by atoms with E-state index in [0.29, 0.717) is 6.42 Å². The molecule has 0 spiro atoms. The van der Waals surface area contributed by atoms with Gasteiger partial charge in [-0.2, -0.15) is 0 Å². The van der Waals surface area contributed by atoms with Crippen LogP contribution in [0.3, 0.4) is 0 Å². The van der Waals surface area contributed by atoms with Crippen molar-refractivity contribution in [1.82, 2.24) is 10.2 Å². The minimum absolute atomic E-state index is 0.0380. The molecule has 0 aromatic heterocycles. The van der Waals surface area contributed by atoms with Gasteiger partial charge in [0.25, 0.3) is 5.69 Å². The van der Waals surface area contributed by atoms with Crippen molar-refractivity contribution in [3.63, 3.8) is 0 Å². The maximum Gasteiger partial charge on any atom is 0.271 e. The van der Waals surface area contributed by atoms with Crippen molar-refractivity contribution in [3.8, 4) is 5.75 Å². The summed E-state index contributed by atoms with van der Waals surface area (Å²) >= 11 is 0. The zero-order chi connectivity index (χ0) is 27.0. The van der Waals surface area contributed by atoms with Crippen LogP contribution in [0.2, 0.25) is 0 Å². The normalized spacial score (nSPS) is 12.8. The second-order valence-electron chi connectivity index (χ2n) is 8.38. The van der Waals surface area contributed by atoms with Gasteiger partial charge in [0.05, 0.1) is 18.3 Å². The van der Waals surface area contributed by atoms with E-state index in [1.165, 1.54) is 24.1 Å². The average Bonchev–Trinajstić information content (AvgIpc) is 2.84. The number of methoxy groups -OCH3 is 1. The Hall–Kier alpha value is -3.67. The summed E-state index contributed by atoms with van der Waals surface area (Å²) < 4.78 is 31.4. The summed E-state index contributed by atoms with van der Waals surface area (Å²) in [7, 11) is -2.79. The second kappa shape index (κ2) is 12.3. The molecule has 2 rings (SSSR count). The largest absolute Gasteiger partial charge is 0.495 e. The summed E-state index contributed by atoms with van der Waals surface area (Å²) in [6, 6.07) is 11.4. The number of amides is 2. The Morgan fingerprint density at radius 3 is 2.31 bits per heavy atom. The summed E-state index contributed by atoms with van der Waals surface area (Å²) in [5, 5.41) is 14.2. The van der Waals surface area contributed by atoms with Gasteiger partial charge in [0.15, 0.2) is 0 Å². The molecule has 1 N–H and O–H groups in total. The summed E-state index contributed by atoms with van der Waals surface area (Å²) in [6.07, 6.45) is 1.58. The molecule has 2 aromatic rings. The molecule has 0 saturated heterocycles. The molecule has 11 nitrogen and oxygen atoms in total. The number of rotatable bonds is 12. The molecule has 12 heteroatoms. The lowest BCUT2D eigenvalue weighted by molar-refractivity contribution is -0.384. The number of nitrogens with one attached hydrogen (secondary N) is 1. The summed E-state index contributed by atoms with van der Waals surface area (Å²) in [4.78, 5) is 38.4. The summed E-state index contributed by atoms with van der Waals surface area (Å²) in [5.41, 5.74) is 0.223. The molecular formula is C24H32N4O7S. The highest BCUT2D eigenvalue weighted by Crippen LogP contribution is 2.33. The second-order valence-corrected chi connectivity index (χ2v) is 10.3. The van der Waals surface area contributed by atoms with Gasteiger partial charge >= 0.3 is 0 Å². The van der Waals surface area contributed by atoms with E-state index in [9.17, 15) is 28.1 Å². The summed E-state index contributed by atoms with van der Waals surface area (Å²) in [6.45, 7) is 4.69. The molecule has 0 aliphatic heterocycles. The number of non-ortho nitro benzene ring substituents is 1. The van der Waals surface area contributed by atoms with Crippen LogP contribution < -0.4 is 14.4 Å². The molecule has 36 heavy (non-hydrogen) atoms. The van der Waals surface area contributed by atoms with Crippen LogP contribution in [0, 0.1) is 10.1 Å². The van der Waals surface area contributed by atoms with Gasteiger partial charge in [-0.15, -0.1) is 0 Å². The molecule has 0 radical (unpaired) electrons. The zero-order valence-electron chi connectivity index (χ0n) is 21.0. The SMILES string of the molecule is CC[C@H](C)NC(=O)[C@@H](C)N(Cc1ccccc1)C(=O)CN(c1cc([N+](=O)[O-])ccc1OC)S(C)(=O)=O. The third-order valence-corrected chi connectivity index (χ3v) is 6.81. The Labute approximate surface area is 211 Å². The maximum atomic E-state index is 13.6. The highest BCUT2D eigenvalue weighted by atomic mass is 32.2. The van der Waals surface area contributed by atoms with Crippen molar-refractivity contribution in [2.45, 2.75) is 45.8 Å². The number of hydrogen-bond donors (Lipinski definition) is 1. The van der Waals surface area contributed by atoms with Crippen LogP contribution in [0.5, 0.6) is 5.75 Å². The van der Waals surface area contributed by atoms with Crippen molar-refractivity contribution in [1.29, 1.82) is 0 Å². The van der Waals surface area contributed by atoms with E-state index in [4.69, 9.17) is 4.74 Å². The predicted octanol–water partition coefficient (Wildman–Crippen LogP) is 2.70. The minimum atomic E-state index is -4.08. The lowest BCUT2D eigenvalue weighted by Gasteiger charge is -2.32. The highest BCUT2D eigenvalue weighted by molar-refractivity contribution is 7.92. The highest BCUT2D eigenvalue weighted by Gasteiger charge is 2.32. The molecule has 0 aliphatic rings. The van der Waals surface area contributed by atoms with Crippen LogP contribution in [0.15, 0.2) is 48.5 Å². The van der Waals surface area contributed by atoms with Gasteiger partial charge in [0, 0.05) is 24.7 Å². The number of hydrogen-bond acceptors (Lipinski definition) is 7. The first-order valence-electron chi connectivity index (χ1n) is 11.3. The van der Waals surface area contributed by atoms with Gasteiger partial charge in [-0.1, -0.05) is 37.3 Å². The molecule has 0 fully saturated rings. The third kappa shape index (κ3) is 7.41. The van der Waals surface area contributed by atoms with Gasteiger partial charge in [-0.05, 0) is 31.9 Å². The average molecular weight is 521 g/mol. The van der Waals surface area contributed by atoms with E-state index in [1.54, 1.807) is 31.2 Å². The van der Waals surface area contributed by atoms with Crippen molar-refractivity contribution in [3.05, 3.63) is 64.2 Å².